The first-order valence-corrected chi connectivity index (χ1v) is 5.83. The summed E-state index contributed by atoms with van der Waals surface area (Å²) in [6.07, 6.45) is 1.30. The molecule has 1 unspecified atom stereocenters. The molecule has 1 atom stereocenters. The lowest BCUT2D eigenvalue weighted by molar-refractivity contribution is 0.641. The third-order valence-corrected chi connectivity index (χ3v) is 3.68. The largest absolute Gasteiger partial charge is 0.302 e. The number of benzene rings is 1. The van der Waals surface area contributed by atoms with Crippen LogP contribution in [0.15, 0.2) is 24.3 Å². The molecule has 2 rings (SSSR count). The Morgan fingerprint density at radius 3 is 2.92 bits per heavy atom. The second-order valence-electron chi connectivity index (χ2n) is 3.42. The number of aryl methyl sites for hydroxylation is 1. The summed E-state index contributed by atoms with van der Waals surface area (Å²) in [7, 11) is 0. The van der Waals surface area contributed by atoms with Crippen LogP contribution in [0.2, 0.25) is 0 Å². The van der Waals surface area contributed by atoms with Crippen LogP contribution in [-0.2, 0) is 0 Å². The minimum atomic E-state index is 0.523. The van der Waals surface area contributed by atoms with E-state index in [1.54, 1.807) is 0 Å². The maximum absolute atomic E-state index is 3.54. The maximum Gasteiger partial charge on any atom is 0.0791 e. The van der Waals surface area contributed by atoms with Gasteiger partial charge in [0.15, 0.2) is 0 Å². The zero-order valence-corrected chi connectivity index (χ0v) is 8.73. The zero-order chi connectivity index (χ0) is 9.10. The quantitative estimate of drug-likeness (QED) is 0.736. The number of hydrogen-bond acceptors (Lipinski definition) is 2. The van der Waals surface area contributed by atoms with Crippen molar-refractivity contribution in [1.29, 1.82) is 0 Å². The highest BCUT2D eigenvalue weighted by Gasteiger charge is 2.15. The lowest BCUT2D eigenvalue weighted by Gasteiger charge is -2.24. The normalized spacial score (nSPS) is 23.0. The van der Waals surface area contributed by atoms with Gasteiger partial charge in [0.2, 0.25) is 0 Å². The van der Waals surface area contributed by atoms with E-state index in [0.717, 1.165) is 6.54 Å². The summed E-state index contributed by atoms with van der Waals surface area (Å²) in [5.74, 6) is 1.28. The van der Waals surface area contributed by atoms with E-state index in [9.17, 15) is 0 Å². The summed E-state index contributed by atoms with van der Waals surface area (Å²) >= 11 is 2.02. The molecular weight excluding hydrogens is 178 g/mol. The minimum absolute atomic E-state index is 0.523. The van der Waals surface area contributed by atoms with Gasteiger partial charge >= 0.3 is 0 Å². The topological polar surface area (TPSA) is 12.0 Å². The number of rotatable bonds is 1. The molecule has 0 spiro atoms. The molecule has 1 nitrogen and oxygen atoms in total. The first-order chi connectivity index (χ1) is 6.38. The highest BCUT2D eigenvalue weighted by Crippen LogP contribution is 2.30. The van der Waals surface area contributed by atoms with Gasteiger partial charge in [0.25, 0.3) is 0 Å². The average Bonchev–Trinajstić information content (AvgIpc) is 2.20. The molecule has 0 aromatic heterocycles. The van der Waals surface area contributed by atoms with Crippen LogP contribution in [-0.4, -0.2) is 12.3 Å². The molecule has 1 N–H and O–H groups in total. The summed E-state index contributed by atoms with van der Waals surface area (Å²) in [4.78, 5) is 0. The molecule has 2 heteroatoms. The first-order valence-electron chi connectivity index (χ1n) is 4.78. The van der Waals surface area contributed by atoms with Crippen LogP contribution in [0, 0.1) is 6.92 Å². The molecule has 1 aromatic rings. The molecule has 1 saturated heterocycles. The molecule has 0 amide bonds. The van der Waals surface area contributed by atoms with Gasteiger partial charge in [0, 0.05) is 0 Å². The lowest BCUT2D eigenvalue weighted by Crippen LogP contribution is -2.25. The van der Waals surface area contributed by atoms with E-state index < -0.39 is 0 Å². The van der Waals surface area contributed by atoms with Gasteiger partial charge in [0.1, 0.15) is 0 Å². The van der Waals surface area contributed by atoms with Crippen LogP contribution in [0.25, 0.3) is 0 Å². The fourth-order valence-electron chi connectivity index (χ4n) is 1.65. The number of nitrogens with one attached hydrogen (secondary N) is 1. The Hall–Kier alpha value is -0.470. The highest BCUT2D eigenvalue weighted by atomic mass is 32.2. The van der Waals surface area contributed by atoms with Crippen molar-refractivity contribution in [3.05, 3.63) is 35.4 Å². The van der Waals surface area contributed by atoms with Gasteiger partial charge in [0.05, 0.1) is 5.37 Å². The second-order valence-corrected chi connectivity index (χ2v) is 4.63. The Labute approximate surface area is 83.9 Å². The van der Waals surface area contributed by atoms with Crippen molar-refractivity contribution in [3.63, 3.8) is 0 Å². The van der Waals surface area contributed by atoms with Gasteiger partial charge in [-0.25, -0.2) is 0 Å². The molecule has 1 fully saturated rings. The highest BCUT2D eigenvalue weighted by molar-refractivity contribution is 7.99. The van der Waals surface area contributed by atoms with Gasteiger partial charge in [-0.1, -0.05) is 24.3 Å². The first kappa shape index (κ1) is 9.10. The van der Waals surface area contributed by atoms with Crippen LogP contribution in [0.3, 0.4) is 0 Å². The van der Waals surface area contributed by atoms with Gasteiger partial charge in [-0.15, -0.1) is 11.8 Å². The van der Waals surface area contributed by atoms with Crippen molar-refractivity contribution < 1.29 is 0 Å². The molecule has 1 aliphatic heterocycles. The third kappa shape index (κ3) is 2.06. The van der Waals surface area contributed by atoms with Crippen molar-refractivity contribution >= 4 is 11.8 Å². The Balaban J connectivity index is 2.18. The lowest BCUT2D eigenvalue weighted by atomic mass is 10.1. The fourth-order valence-corrected chi connectivity index (χ4v) is 2.87. The van der Waals surface area contributed by atoms with Crippen molar-refractivity contribution in [3.8, 4) is 0 Å². The van der Waals surface area contributed by atoms with Crippen molar-refractivity contribution in [2.75, 3.05) is 12.3 Å². The molecule has 0 aliphatic carbocycles. The molecule has 1 heterocycles. The van der Waals surface area contributed by atoms with Crippen molar-refractivity contribution in [2.45, 2.75) is 18.7 Å². The van der Waals surface area contributed by atoms with E-state index in [0.29, 0.717) is 5.37 Å². The van der Waals surface area contributed by atoms with E-state index in [1.807, 2.05) is 11.8 Å². The van der Waals surface area contributed by atoms with Crippen LogP contribution in [0.4, 0.5) is 0 Å². The van der Waals surface area contributed by atoms with E-state index in [-0.39, 0.29) is 0 Å². The van der Waals surface area contributed by atoms with Crippen LogP contribution >= 0.6 is 11.8 Å². The Morgan fingerprint density at radius 2 is 2.23 bits per heavy atom. The summed E-state index contributed by atoms with van der Waals surface area (Å²) in [6.45, 7) is 3.35. The van der Waals surface area contributed by atoms with Gasteiger partial charge in [-0.3, -0.25) is 0 Å². The molecule has 1 aliphatic rings. The smallest absolute Gasteiger partial charge is 0.0791 e. The number of hydrogen-bond donors (Lipinski definition) is 1. The predicted molar refractivity (Wildman–Crippen MR) is 59.0 cm³/mol. The number of thioether (sulfide) groups is 1. The van der Waals surface area contributed by atoms with E-state index in [2.05, 4.69) is 36.5 Å². The summed E-state index contributed by atoms with van der Waals surface area (Å²) < 4.78 is 0. The standard InChI is InChI=1S/C11H15NS/c1-9-5-2-3-6-10(9)11-12-7-4-8-13-11/h2-3,5-6,11-12H,4,7-8H2,1H3. The predicted octanol–water partition coefficient (Wildman–Crippen LogP) is 2.72. The SMILES string of the molecule is Cc1ccccc1C1NCCCS1. The minimum Gasteiger partial charge on any atom is -0.302 e. The van der Waals surface area contributed by atoms with E-state index >= 15 is 0 Å². The zero-order valence-electron chi connectivity index (χ0n) is 7.92. The summed E-state index contributed by atoms with van der Waals surface area (Å²) in [5.41, 5.74) is 2.85. The second kappa shape index (κ2) is 4.16. The maximum atomic E-state index is 3.54. The summed E-state index contributed by atoms with van der Waals surface area (Å²) in [5, 5.41) is 4.06. The molecule has 0 bridgehead atoms. The van der Waals surface area contributed by atoms with Crippen molar-refractivity contribution in [1.82, 2.24) is 5.32 Å². The molecule has 0 saturated carbocycles. The Kier molecular flexibility index (Phi) is 2.91. The third-order valence-electron chi connectivity index (χ3n) is 2.41. The van der Waals surface area contributed by atoms with E-state index in [1.165, 1.54) is 23.3 Å². The van der Waals surface area contributed by atoms with Crippen LogP contribution < -0.4 is 5.32 Å². The monoisotopic (exact) mass is 193 g/mol. The molecule has 0 radical (unpaired) electrons. The molecule has 13 heavy (non-hydrogen) atoms. The van der Waals surface area contributed by atoms with Crippen molar-refractivity contribution in [2.24, 2.45) is 0 Å². The average molecular weight is 193 g/mol. The van der Waals surface area contributed by atoms with Crippen LogP contribution in [0.1, 0.15) is 22.9 Å². The summed E-state index contributed by atoms with van der Waals surface area (Å²) in [6, 6.07) is 8.64. The van der Waals surface area contributed by atoms with Gasteiger partial charge in [-0.2, -0.15) is 0 Å². The van der Waals surface area contributed by atoms with Gasteiger partial charge < -0.3 is 5.32 Å². The van der Waals surface area contributed by atoms with Gasteiger partial charge in [-0.05, 0) is 36.8 Å². The van der Waals surface area contributed by atoms with E-state index in [4.69, 9.17) is 0 Å². The molecule has 70 valence electrons. The molecule has 1 aromatic carbocycles. The van der Waals surface area contributed by atoms with Crippen LogP contribution in [0.5, 0.6) is 0 Å². The Morgan fingerprint density at radius 1 is 1.38 bits per heavy atom. The Bertz CT molecular complexity index is 279. The molecular formula is C11H15NS. The fraction of sp³-hybridized carbons (Fsp3) is 0.455.